The van der Waals surface area contributed by atoms with Gasteiger partial charge >= 0.3 is 5.63 Å². The highest BCUT2D eigenvalue weighted by Crippen LogP contribution is 2.20. The van der Waals surface area contributed by atoms with Crippen molar-refractivity contribution in [2.24, 2.45) is 0 Å². The number of anilines is 1. The molecule has 2 aromatic carbocycles. The summed E-state index contributed by atoms with van der Waals surface area (Å²) in [5.74, 6) is 0.160. The summed E-state index contributed by atoms with van der Waals surface area (Å²) < 4.78 is 10.5. The number of amides is 1. The molecule has 25 heavy (non-hydrogen) atoms. The fourth-order valence-electron chi connectivity index (χ4n) is 2.55. The number of rotatable bonds is 5. The number of para-hydroxylation sites is 1. The van der Waals surface area contributed by atoms with Crippen molar-refractivity contribution in [2.45, 2.75) is 6.42 Å². The number of allylic oxidation sites excluding steroid dienone is 1. The molecule has 1 N–H and O–H groups in total. The number of methoxy groups -OCH3 is 1. The Labute approximate surface area is 144 Å². The largest absolute Gasteiger partial charge is 0.497 e. The Kier molecular flexibility index (Phi) is 4.66. The summed E-state index contributed by atoms with van der Waals surface area (Å²) in [5.41, 5.74) is 1.18. The van der Waals surface area contributed by atoms with Crippen LogP contribution in [0.1, 0.15) is 15.9 Å². The quantitative estimate of drug-likeness (QED) is 0.569. The van der Waals surface area contributed by atoms with E-state index in [0.717, 1.165) is 5.56 Å². The molecule has 0 atom stereocenters. The average molecular weight is 335 g/mol. The fraction of sp³-hybridized carbons (Fsp3) is 0.100. The Balaban J connectivity index is 1.94. The smallest absolute Gasteiger partial charge is 0.349 e. The molecule has 0 aliphatic rings. The maximum atomic E-state index is 12.4. The highest BCUT2D eigenvalue weighted by Gasteiger charge is 2.15. The van der Waals surface area contributed by atoms with Gasteiger partial charge < -0.3 is 14.5 Å². The van der Waals surface area contributed by atoms with E-state index < -0.39 is 11.5 Å². The number of carbonyl (C=O) groups is 1. The summed E-state index contributed by atoms with van der Waals surface area (Å²) in [5, 5.41) is 3.38. The zero-order valence-corrected chi connectivity index (χ0v) is 13.7. The molecule has 1 amide bonds. The van der Waals surface area contributed by atoms with E-state index >= 15 is 0 Å². The van der Waals surface area contributed by atoms with E-state index in [0.29, 0.717) is 28.8 Å². The van der Waals surface area contributed by atoms with Crippen LogP contribution in [0.3, 0.4) is 0 Å². The molecule has 3 aromatic rings. The molecule has 126 valence electrons. The van der Waals surface area contributed by atoms with Crippen LogP contribution in [0.4, 0.5) is 5.69 Å². The Bertz CT molecular complexity index is 987. The molecule has 0 aliphatic heterocycles. The Morgan fingerprint density at radius 1 is 1.24 bits per heavy atom. The molecule has 0 radical (unpaired) electrons. The highest BCUT2D eigenvalue weighted by molar-refractivity contribution is 6.05. The minimum absolute atomic E-state index is 0.0425. The normalized spacial score (nSPS) is 10.4. The lowest BCUT2D eigenvalue weighted by atomic mass is 10.1. The summed E-state index contributed by atoms with van der Waals surface area (Å²) in [6.07, 6.45) is 2.32. The van der Waals surface area contributed by atoms with Crippen molar-refractivity contribution in [2.75, 3.05) is 12.4 Å². The molecule has 0 saturated carbocycles. The van der Waals surface area contributed by atoms with Crippen molar-refractivity contribution in [3.63, 3.8) is 0 Å². The summed E-state index contributed by atoms with van der Waals surface area (Å²) in [6, 6.07) is 13.9. The van der Waals surface area contributed by atoms with Crippen LogP contribution < -0.4 is 15.7 Å². The van der Waals surface area contributed by atoms with Crippen molar-refractivity contribution in [1.82, 2.24) is 0 Å². The van der Waals surface area contributed by atoms with Crippen LogP contribution in [0.2, 0.25) is 0 Å². The molecule has 3 rings (SSSR count). The molecule has 0 saturated heterocycles. The zero-order valence-electron chi connectivity index (χ0n) is 13.7. The first kappa shape index (κ1) is 16.5. The van der Waals surface area contributed by atoms with E-state index in [2.05, 4.69) is 11.9 Å². The first-order valence-electron chi connectivity index (χ1n) is 7.74. The van der Waals surface area contributed by atoms with Crippen LogP contribution in [0, 0.1) is 0 Å². The van der Waals surface area contributed by atoms with Crippen LogP contribution in [0.25, 0.3) is 11.0 Å². The van der Waals surface area contributed by atoms with Crippen LogP contribution in [-0.2, 0) is 6.42 Å². The number of nitrogens with one attached hydrogen (secondary N) is 1. The van der Waals surface area contributed by atoms with Crippen molar-refractivity contribution in [3.8, 4) is 5.75 Å². The molecule has 0 spiro atoms. The van der Waals surface area contributed by atoms with Gasteiger partial charge in [0.25, 0.3) is 5.91 Å². The maximum Gasteiger partial charge on any atom is 0.349 e. The van der Waals surface area contributed by atoms with Crippen LogP contribution >= 0.6 is 0 Å². The third-order valence-corrected chi connectivity index (χ3v) is 3.80. The lowest BCUT2D eigenvalue weighted by Crippen LogP contribution is -2.20. The van der Waals surface area contributed by atoms with Gasteiger partial charge in [-0.3, -0.25) is 4.79 Å². The van der Waals surface area contributed by atoms with Gasteiger partial charge in [-0.25, -0.2) is 4.79 Å². The van der Waals surface area contributed by atoms with E-state index in [4.69, 9.17) is 9.15 Å². The number of hydrogen-bond acceptors (Lipinski definition) is 4. The van der Waals surface area contributed by atoms with Gasteiger partial charge in [-0.15, -0.1) is 6.58 Å². The molecule has 5 heteroatoms. The van der Waals surface area contributed by atoms with Crippen molar-refractivity contribution < 1.29 is 13.9 Å². The molecule has 1 heterocycles. The predicted molar refractivity (Wildman–Crippen MR) is 97.3 cm³/mol. The predicted octanol–water partition coefficient (Wildman–Crippen LogP) is 3.78. The molecule has 0 bridgehead atoms. The van der Waals surface area contributed by atoms with Crippen LogP contribution in [0.15, 0.2) is 70.4 Å². The second kappa shape index (κ2) is 7.05. The molecular weight excluding hydrogens is 318 g/mol. The zero-order chi connectivity index (χ0) is 17.8. The van der Waals surface area contributed by atoms with Gasteiger partial charge in [0, 0.05) is 11.1 Å². The lowest BCUT2D eigenvalue weighted by molar-refractivity contribution is 0.102. The number of ether oxygens (including phenoxy) is 1. The van der Waals surface area contributed by atoms with Gasteiger partial charge in [-0.2, -0.15) is 0 Å². The summed E-state index contributed by atoms with van der Waals surface area (Å²) in [7, 11) is 1.56. The Morgan fingerprint density at radius 3 is 2.68 bits per heavy atom. The number of fused-ring (bicyclic) bond motifs is 1. The Morgan fingerprint density at radius 2 is 2.00 bits per heavy atom. The number of benzene rings is 2. The van der Waals surface area contributed by atoms with Gasteiger partial charge in [-0.05, 0) is 42.3 Å². The first-order valence-corrected chi connectivity index (χ1v) is 7.74. The highest BCUT2D eigenvalue weighted by atomic mass is 16.5. The van der Waals surface area contributed by atoms with E-state index in [9.17, 15) is 9.59 Å². The van der Waals surface area contributed by atoms with Gasteiger partial charge in [0.2, 0.25) is 0 Å². The third-order valence-electron chi connectivity index (χ3n) is 3.80. The summed E-state index contributed by atoms with van der Waals surface area (Å²) in [6.45, 7) is 3.70. The topological polar surface area (TPSA) is 68.5 Å². The van der Waals surface area contributed by atoms with E-state index in [-0.39, 0.29) is 5.56 Å². The number of hydrogen-bond donors (Lipinski definition) is 1. The molecule has 1 aromatic heterocycles. The first-order chi connectivity index (χ1) is 12.1. The van der Waals surface area contributed by atoms with E-state index in [1.807, 2.05) is 12.1 Å². The van der Waals surface area contributed by atoms with Crippen molar-refractivity contribution in [1.29, 1.82) is 0 Å². The monoisotopic (exact) mass is 335 g/mol. The van der Waals surface area contributed by atoms with Gasteiger partial charge in [0.1, 0.15) is 16.9 Å². The molecule has 0 unspecified atom stereocenters. The van der Waals surface area contributed by atoms with Gasteiger partial charge in [-0.1, -0.05) is 24.3 Å². The fourth-order valence-corrected chi connectivity index (χ4v) is 2.55. The summed E-state index contributed by atoms with van der Waals surface area (Å²) in [4.78, 5) is 24.7. The van der Waals surface area contributed by atoms with E-state index in [1.54, 1.807) is 49.6 Å². The molecule has 5 nitrogen and oxygen atoms in total. The minimum Gasteiger partial charge on any atom is -0.497 e. The van der Waals surface area contributed by atoms with Crippen LogP contribution in [0.5, 0.6) is 5.75 Å². The van der Waals surface area contributed by atoms with Crippen molar-refractivity contribution >= 4 is 22.6 Å². The third kappa shape index (κ3) is 3.45. The summed E-state index contributed by atoms with van der Waals surface area (Å²) >= 11 is 0. The van der Waals surface area contributed by atoms with E-state index in [1.165, 1.54) is 0 Å². The standard InChI is InChI=1S/C20H17NO4/c1-3-5-13-6-4-7-14-12-17(20(23)25-18(13)14)19(22)21-15-8-10-16(24-2)11-9-15/h3-4,6-12H,1,5H2,2H3,(H,21,22). The average Bonchev–Trinajstić information content (AvgIpc) is 2.62. The second-order valence-electron chi connectivity index (χ2n) is 5.46. The van der Waals surface area contributed by atoms with Gasteiger partial charge in [0.05, 0.1) is 7.11 Å². The number of carbonyl (C=O) groups excluding carboxylic acids is 1. The maximum absolute atomic E-state index is 12.4. The van der Waals surface area contributed by atoms with Gasteiger partial charge in [0.15, 0.2) is 0 Å². The lowest BCUT2D eigenvalue weighted by Gasteiger charge is -2.07. The second-order valence-corrected chi connectivity index (χ2v) is 5.46. The SMILES string of the molecule is C=CCc1cccc2cc(C(=O)Nc3ccc(OC)cc3)c(=O)oc12. The van der Waals surface area contributed by atoms with Crippen LogP contribution in [-0.4, -0.2) is 13.0 Å². The minimum atomic E-state index is -0.671. The molecular formula is C20H17NO4. The molecule has 0 fully saturated rings. The molecule has 0 aliphatic carbocycles. The van der Waals surface area contributed by atoms with Crippen molar-refractivity contribution in [3.05, 3.63) is 82.7 Å². The Hall–Kier alpha value is -3.34.